The van der Waals surface area contributed by atoms with Crippen LogP contribution < -0.4 is 10.6 Å². The smallest absolute Gasteiger partial charge is 0.412 e. The summed E-state index contributed by atoms with van der Waals surface area (Å²) in [5.41, 5.74) is 2.96. The average molecular weight is 336 g/mol. The van der Waals surface area contributed by atoms with Gasteiger partial charge in [-0.1, -0.05) is 22.0 Å². The molecule has 2 N–H and O–H groups in total. The molecule has 0 aliphatic heterocycles. The van der Waals surface area contributed by atoms with Crippen LogP contribution in [0.3, 0.4) is 0 Å². The Morgan fingerprint density at radius 2 is 2.00 bits per heavy atom. The molecule has 0 fully saturated rings. The lowest BCUT2D eigenvalue weighted by Gasteiger charge is -2.08. The molecule has 0 radical (unpaired) electrons. The summed E-state index contributed by atoms with van der Waals surface area (Å²) in [4.78, 5) is 15.1. The molecule has 104 valence electrons. The van der Waals surface area contributed by atoms with Crippen LogP contribution in [0.5, 0.6) is 0 Å². The highest BCUT2D eigenvalue weighted by atomic mass is 79.9. The minimum atomic E-state index is -0.541. The third kappa shape index (κ3) is 3.71. The van der Waals surface area contributed by atoms with Gasteiger partial charge in [0.15, 0.2) is 0 Å². The van der Waals surface area contributed by atoms with E-state index in [1.54, 1.807) is 12.3 Å². The Kier molecular flexibility index (Phi) is 4.57. The van der Waals surface area contributed by atoms with Crippen LogP contribution in [0.4, 0.5) is 22.0 Å². The zero-order valence-electron chi connectivity index (χ0n) is 11.1. The van der Waals surface area contributed by atoms with Crippen LogP contribution in [-0.2, 0) is 4.74 Å². The molecule has 5 nitrogen and oxygen atoms in total. The van der Waals surface area contributed by atoms with Gasteiger partial charge < -0.3 is 10.1 Å². The lowest BCUT2D eigenvalue weighted by Crippen LogP contribution is -2.11. The monoisotopic (exact) mass is 335 g/mol. The van der Waals surface area contributed by atoms with Gasteiger partial charge in [-0.3, -0.25) is 5.32 Å². The predicted molar refractivity (Wildman–Crippen MR) is 82.4 cm³/mol. The van der Waals surface area contributed by atoms with Crippen molar-refractivity contribution in [1.29, 1.82) is 0 Å². The van der Waals surface area contributed by atoms with Crippen LogP contribution in [0.1, 0.15) is 5.56 Å². The average Bonchev–Trinajstić information content (AvgIpc) is 2.45. The molecule has 0 saturated heterocycles. The summed E-state index contributed by atoms with van der Waals surface area (Å²) in [6, 6.07) is 9.53. The minimum absolute atomic E-state index is 0.437. The van der Waals surface area contributed by atoms with Crippen LogP contribution in [0.15, 0.2) is 41.0 Å². The first-order valence-electron chi connectivity index (χ1n) is 5.92. The number of aromatic nitrogens is 1. The van der Waals surface area contributed by atoms with E-state index in [-0.39, 0.29) is 0 Å². The number of anilines is 3. The molecule has 0 aliphatic carbocycles. The second-order valence-electron chi connectivity index (χ2n) is 4.14. The summed E-state index contributed by atoms with van der Waals surface area (Å²) in [6.45, 7) is 2.03. The largest absolute Gasteiger partial charge is 0.453 e. The third-order valence-electron chi connectivity index (χ3n) is 2.64. The summed E-state index contributed by atoms with van der Waals surface area (Å²) in [7, 11) is 1.31. The van der Waals surface area contributed by atoms with Gasteiger partial charge in [0.1, 0.15) is 5.82 Å². The van der Waals surface area contributed by atoms with Crippen LogP contribution in [-0.4, -0.2) is 18.2 Å². The maximum atomic E-state index is 11.0. The van der Waals surface area contributed by atoms with Crippen molar-refractivity contribution in [2.24, 2.45) is 0 Å². The van der Waals surface area contributed by atoms with Gasteiger partial charge in [0.2, 0.25) is 0 Å². The highest BCUT2D eigenvalue weighted by molar-refractivity contribution is 9.10. The van der Waals surface area contributed by atoms with E-state index in [2.05, 4.69) is 36.3 Å². The Morgan fingerprint density at radius 1 is 1.25 bits per heavy atom. The van der Waals surface area contributed by atoms with Gasteiger partial charge in [0.05, 0.1) is 19.0 Å². The number of halogens is 1. The molecular weight excluding hydrogens is 322 g/mol. The molecule has 0 unspecified atom stereocenters. The summed E-state index contributed by atoms with van der Waals surface area (Å²) in [6.07, 6.45) is 1.10. The molecule has 0 spiro atoms. The Bertz CT molecular complexity index is 614. The SMILES string of the molecule is COC(=O)Nc1ccc(Nc2ccc(C)c(Br)c2)cn1. The molecule has 2 aromatic rings. The fourth-order valence-corrected chi connectivity index (χ4v) is 1.91. The number of nitrogens with zero attached hydrogens (tertiary/aromatic N) is 1. The lowest BCUT2D eigenvalue weighted by atomic mass is 10.2. The quantitative estimate of drug-likeness (QED) is 0.887. The molecule has 1 amide bonds. The van der Waals surface area contributed by atoms with Gasteiger partial charge in [0.25, 0.3) is 0 Å². The molecule has 1 aromatic carbocycles. The van der Waals surface area contributed by atoms with Gasteiger partial charge in [0, 0.05) is 10.2 Å². The van der Waals surface area contributed by atoms with E-state index in [9.17, 15) is 4.79 Å². The lowest BCUT2D eigenvalue weighted by molar-refractivity contribution is 0.187. The van der Waals surface area contributed by atoms with Gasteiger partial charge in [-0.25, -0.2) is 9.78 Å². The van der Waals surface area contributed by atoms with Crippen LogP contribution in [0, 0.1) is 6.92 Å². The van der Waals surface area contributed by atoms with Crippen LogP contribution in [0.2, 0.25) is 0 Å². The zero-order chi connectivity index (χ0) is 14.5. The predicted octanol–water partition coefficient (Wildman–Crippen LogP) is 4.07. The van der Waals surface area contributed by atoms with E-state index in [0.717, 1.165) is 15.8 Å². The highest BCUT2D eigenvalue weighted by Crippen LogP contribution is 2.23. The molecule has 0 aliphatic rings. The Labute approximate surface area is 125 Å². The second kappa shape index (κ2) is 6.38. The zero-order valence-corrected chi connectivity index (χ0v) is 12.7. The number of carbonyl (C=O) groups excluding carboxylic acids is 1. The van der Waals surface area contributed by atoms with E-state index in [1.807, 2.05) is 31.2 Å². The van der Waals surface area contributed by atoms with Crippen LogP contribution in [0.25, 0.3) is 0 Å². The number of benzene rings is 1. The van der Waals surface area contributed by atoms with E-state index < -0.39 is 6.09 Å². The highest BCUT2D eigenvalue weighted by Gasteiger charge is 2.02. The molecule has 1 heterocycles. The summed E-state index contributed by atoms with van der Waals surface area (Å²) >= 11 is 3.49. The standard InChI is InChI=1S/C14H14BrN3O2/c1-9-3-4-10(7-12(9)15)17-11-5-6-13(16-8-11)18-14(19)20-2/h3-8,17H,1-2H3,(H,16,18,19). The number of ether oxygens (including phenoxy) is 1. The third-order valence-corrected chi connectivity index (χ3v) is 3.49. The number of pyridine rings is 1. The van der Waals surface area contributed by atoms with Gasteiger partial charge in [-0.05, 0) is 36.8 Å². The number of hydrogen-bond donors (Lipinski definition) is 2. The second-order valence-corrected chi connectivity index (χ2v) is 4.99. The van der Waals surface area contributed by atoms with Crippen molar-refractivity contribution in [3.63, 3.8) is 0 Å². The molecular formula is C14H14BrN3O2. The Morgan fingerprint density at radius 3 is 2.60 bits per heavy atom. The van der Waals surface area contributed by atoms with Crippen molar-refractivity contribution in [2.75, 3.05) is 17.7 Å². The van der Waals surface area contributed by atoms with Crippen LogP contribution >= 0.6 is 15.9 Å². The number of carbonyl (C=O) groups is 1. The fraction of sp³-hybridized carbons (Fsp3) is 0.143. The first-order valence-corrected chi connectivity index (χ1v) is 6.72. The number of aryl methyl sites for hydroxylation is 1. The van der Waals surface area contributed by atoms with Crippen molar-refractivity contribution in [2.45, 2.75) is 6.92 Å². The molecule has 0 bridgehead atoms. The van der Waals surface area contributed by atoms with E-state index in [4.69, 9.17) is 0 Å². The number of rotatable bonds is 3. The van der Waals surface area contributed by atoms with Gasteiger partial charge in [-0.2, -0.15) is 0 Å². The maximum Gasteiger partial charge on any atom is 0.412 e. The van der Waals surface area contributed by atoms with E-state index in [0.29, 0.717) is 5.82 Å². The number of methoxy groups -OCH3 is 1. The van der Waals surface area contributed by atoms with E-state index >= 15 is 0 Å². The molecule has 2 rings (SSSR count). The fourth-order valence-electron chi connectivity index (χ4n) is 1.53. The maximum absolute atomic E-state index is 11.0. The van der Waals surface area contributed by atoms with Crippen molar-refractivity contribution < 1.29 is 9.53 Å². The number of hydrogen-bond acceptors (Lipinski definition) is 4. The van der Waals surface area contributed by atoms with Crippen molar-refractivity contribution in [1.82, 2.24) is 4.98 Å². The van der Waals surface area contributed by atoms with Gasteiger partial charge in [-0.15, -0.1) is 0 Å². The van der Waals surface area contributed by atoms with Crippen molar-refractivity contribution in [3.8, 4) is 0 Å². The summed E-state index contributed by atoms with van der Waals surface area (Å²) < 4.78 is 5.53. The first-order chi connectivity index (χ1) is 9.58. The van der Waals surface area contributed by atoms with Gasteiger partial charge >= 0.3 is 6.09 Å². The topological polar surface area (TPSA) is 63.2 Å². The first kappa shape index (κ1) is 14.3. The normalized spacial score (nSPS) is 9.95. The molecule has 0 atom stereocenters. The Balaban J connectivity index is 2.06. The Hall–Kier alpha value is -2.08. The molecule has 0 saturated carbocycles. The number of nitrogens with one attached hydrogen (secondary N) is 2. The van der Waals surface area contributed by atoms with E-state index in [1.165, 1.54) is 12.7 Å². The molecule has 6 heteroatoms. The number of amides is 1. The minimum Gasteiger partial charge on any atom is -0.453 e. The molecule has 1 aromatic heterocycles. The summed E-state index contributed by atoms with van der Waals surface area (Å²) in [5.74, 6) is 0.437. The summed E-state index contributed by atoms with van der Waals surface area (Å²) in [5, 5.41) is 5.72. The van der Waals surface area contributed by atoms with Crippen molar-refractivity contribution in [3.05, 3.63) is 46.6 Å². The van der Waals surface area contributed by atoms with Crippen molar-refractivity contribution >= 4 is 39.2 Å². The molecule has 20 heavy (non-hydrogen) atoms.